The number of aryl methyl sites for hydroxylation is 1. The maximum absolute atomic E-state index is 5.92. The van der Waals surface area contributed by atoms with E-state index in [-0.39, 0.29) is 6.10 Å². The van der Waals surface area contributed by atoms with Gasteiger partial charge in [0.1, 0.15) is 11.6 Å². The quantitative estimate of drug-likeness (QED) is 0.764. The predicted molar refractivity (Wildman–Crippen MR) is 76.3 cm³/mol. The van der Waals surface area contributed by atoms with Crippen molar-refractivity contribution in [3.63, 3.8) is 0 Å². The van der Waals surface area contributed by atoms with E-state index in [0.717, 1.165) is 22.6 Å². The van der Waals surface area contributed by atoms with E-state index in [4.69, 9.17) is 4.74 Å². The molecule has 19 heavy (non-hydrogen) atoms. The first-order valence-electron chi connectivity index (χ1n) is 6.40. The number of hydrogen-bond acceptors (Lipinski definition) is 2. The lowest BCUT2D eigenvalue weighted by atomic mass is 10.2. The van der Waals surface area contributed by atoms with Crippen molar-refractivity contribution in [3.8, 4) is 5.75 Å². The summed E-state index contributed by atoms with van der Waals surface area (Å²) in [5, 5.41) is 0. The van der Waals surface area contributed by atoms with Gasteiger partial charge in [-0.3, -0.25) is 0 Å². The first-order valence-corrected chi connectivity index (χ1v) is 6.40. The highest BCUT2D eigenvalue weighted by Gasteiger charge is 2.12. The molecule has 3 nitrogen and oxygen atoms in total. The number of ether oxygens (including phenoxy) is 1. The summed E-state index contributed by atoms with van der Waals surface area (Å²) >= 11 is 0. The fourth-order valence-corrected chi connectivity index (χ4v) is 2.11. The molecule has 1 N–H and O–H groups in total. The van der Waals surface area contributed by atoms with E-state index in [0.29, 0.717) is 0 Å². The SMILES string of the molecule is Cc1cccc(O[C@H](C)c2nc3ccccc3[nH]2)c1. The van der Waals surface area contributed by atoms with Crippen LogP contribution in [0.25, 0.3) is 11.0 Å². The molecule has 0 bridgehead atoms. The molecule has 3 rings (SSSR count). The standard InChI is InChI=1S/C16H16N2O/c1-11-6-5-7-13(10-11)19-12(2)16-17-14-8-3-4-9-15(14)18-16/h3-10,12H,1-2H3,(H,17,18)/t12-/m1/s1. The molecule has 1 heterocycles. The minimum absolute atomic E-state index is 0.103. The number of nitrogens with zero attached hydrogens (tertiary/aromatic N) is 1. The molecule has 3 aromatic rings. The second kappa shape index (κ2) is 4.76. The minimum Gasteiger partial charge on any atom is -0.483 e. The molecule has 0 saturated carbocycles. The summed E-state index contributed by atoms with van der Waals surface area (Å²) in [6.07, 6.45) is -0.103. The van der Waals surface area contributed by atoms with Gasteiger partial charge >= 0.3 is 0 Å². The Bertz CT molecular complexity index is 670. The predicted octanol–water partition coefficient (Wildman–Crippen LogP) is 4.01. The molecule has 0 aliphatic carbocycles. The third-order valence-corrected chi connectivity index (χ3v) is 3.10. The highest BCUT2D eigenvalue weighted by molar-refractivity contribution is 5.74. The Morgan fingerprint density at radius 2 is 1.95 bits per heavy atom. The largest absolute Gasteiger partial charge is 0.483 e. The van der Waals surface area contributed by atoms with Crippen LogP contribution in [-0.4, -0.2) is 9.97 Å². The van der Waals surface area contributed by atoms with E-state index >= 15 is 0 Å². The lowest BCUT2D eigenvalue weighted by molar-refractivity contribution is 0.218. The van der Waals surface area contributed by atoms with E-state index in [2.05, 4.69) is 23.0 Å². The number of imidazole rings is 1. The molecule has 0 aliphatic rings. The first kappa shape index (κ1) is 11.8. The Kier molecular flexibility index (Phi) is 2.95. The summed E-state index contributed by atoms with van der Waals surface area (Å²) in [5.41, 5.74) is 3.20. The van der Waals surface area contributed by atoms with E-state index in [1.54, 1.807) is 0 Å². The van der Waals surface area contributed by atoms with Gasteiger partial charge in [-0.15, -0.1) is 0 Å². The van der Waals surface area contributed by atoms with Crippen LogP contribution in [0.5, 0.6) is 5.75 Å². The summed E-state index contributed by atoms with van der Waals surface area (Å²) in [6, 6.07) is 16.0. The van der Waals surface area contributed by atoms with Gasteiger partial charge in [-0.05, 0) is 43.7 Å². The van der Waals surface area contributed by atoms with Crippen molar-refractivity contribution in [2.75, 3.05) is 0 Å². The van der Waals surface area contributed by atoms with Gasteiger partial charge in [0.05, 0.1) is 11.0 Å². The lowest BCUT2D eigenvalue weighted by Crippen LogP contribution is -2.05. The Labute approximate surface area is 112 Å². The fraction of sp³-hybridized carbons (Fsp3) is 0.188. The van der Waals surface area contributed by atoms with Crippen LogP contribution in [0, 0.1) is 6.92 Å². The number of H-pyrrole nitrogens is 1. The van der Waals surface area contributed by atoms with Gasteiger partial charge in [-0.25, -0.2) is 4.98 Å². The van der Waals surface area contributed by atoms with Crippen LogP contribution in [0.4, 0.5) is 0 Å². The number of hydrogen-bond donors (Lipinski definition) is 1. The number of rotatable bonds is 3. The summed E-state index contributed by atoms with van der Waals surface area (Å²) in [7, 11) is 0. The minimum atomic E-state index is -0.103. The molecular formula is C16H16N2O. The smallest absolute Gasteiger partial charge is 0.153 e. The van der Waals surface area contributed by atoms with Crippen LogP contribution in [0.15, 0.2) is 48.5 Å². The maximum atomic E-state index is 5.92. The molecule has 0 saturated heterocycles. The second-order valence-corrected chi connectivity index (χ2v) is 4.72. The van der Waals surface area contributed by atoms with E-state index in [1.807, 2.05) is 49.4 Å². The molecule has 2 aromatic carbocycles. The third kappa shape index (κ3) is 2.45. The van der Waals surface area contributed by atoms with Crippen LogP contribution in [-0.2, 0) is 0 Å². The molecular weight excluding hydrogens is 236 g/mol. The van der Waals surface area contributed by atoms with Crippen molar-refractivity contribution < 1.29 is 4.74 Å². The molecule has 0 amide bonds. The molecule has 0 spiro atoms. The zero-order chi connectivity index (χ0) is 13.2. The van der Waals surface area contributed by atoms with Gasteiger partial charge < -0.3 is 9.72 Å². The van der Waals surface area contributed by atoms with Gasteiger partial charge in [-0.2, -0.15) is 0 Å². The number of benzene rings is 2. The average molecular weight is 252 g/mol. The van der Waals surface area contributed by atoms with Crippen molar-refractivity contribution in [2.45, 2.75) is 20.0 Å². The Morgan fingerprint density at radius 3 is 2.74 bits per heavy atom. The van der Waals surface area contributed by atoms with Gasteiger partial charge in [0, 0.05) is 0 Å². The number of nitrogens with one attached hydrogen (secondary N) is 1. The molecule has 3 heteroatoms. The van der Waals surface area contributed by atoms with Gasteiger partial charge in [0.25, 0.3) is 0 Å². The number of para-hydroxylation sites is 2. The van der Waals surface area contributed by atoms with Crippen LogP contribution in [0.1, 0.15) is 24.4 Å². The summed E-state index contributed by atoms with van der Waals surface area (Å²) in [6.45, 7) is 4.05. The van der Waals surface area contributed by atoms with Crippen molar-refractivity contribution in [1.82, 2.24) is 9.97 Å². The number of aromatic nitrogens is 2. The molecule has 96 valence electrons. The highest BCUT2D eigenvalue weighted by Crippen LogP contribution is 2.22. The molecule has 0 radical (unpaired) electrons. The number of fused-ring (bicyclic) bond motifs is 1. The molecule has 1 aromatic heterocycles. The van der Waals surface area contributed by atoms with Gasteiger partial charge in [-0.1, -0.05) is 24.3 Å². The van der Waals surface area contributed by atoms with Crippen LogP contribution in [0.2, 0.25) is 0 Å². The first-order chi connectivity index (χ1) is 9.22. The molecule has 0 aliphatic heterocycles. The zero-order valence-corrected chi connectivity index (χ0v) is 11.1. The van der Waals surface area contributed by atoms with Gasteiger partial charge in [0.2, 0.25) is 0 Å². The Morgan fingerprint density at radius 1 is 1.11 bits per heavy atom. The van der Waals surface area contributed by atoms with E-state index < -0.39 is 0 Å². The third-order valence-electron chi connectivity index (χ3n) is 3.10. The Hall–Kier alpha value is -2.29. The second-order valence-electron chi connectivity index (χ2n) is 4.72. The van der Waals surface area contributed by atoms with Crippen LogP contribution >= 0.6 is 0 Å². The molecule has 1 atom stereocenters. The molecule has 0 unspecified atom stereocenters. The topological polar surface area (TPSA) is 37.9 Å². The summed E-state index contributed by atoms with van der Waals surface area (Å²) in [5.74, 6) is 1.72. The Balaban J connectivity index is 1.85. The summed E-state index contributed by atoms with van der Waals surface area (Å²) in [4.78, 5) is 7.84. The van der Waals surface area contributed by atoms with Crippen LogP contribution in [0.3, 0.4) is 0 Å². The monoisotopic (exact) mass is 252 g/mol. The van der Waals surface area contributed by atoms with Crippen molar-refractivity contribution in [3.05, 3.63) is 59.9 Å². The summed E-state index contributed by atoms with van der Waals surface area (Å²) < 4.78 is 5.92. The van der Waals surface area contributed by atoms with E-state index in [1.165, 1.54) is 5.56 Å². The van der Waals surface area contributed by atoms with Crippen molar-refractivity contribution in [1.29, 1.82) is 0 Å². The maximum Gasteiger partial charge on any atom is 0.153 e. The van der Waals surface area contributed by atoms with Crippen molar-refractivity contribution >= 4 is 11.0 Å². The highest BCUT2D eigenvalue weighted by atomic mass is 16.5. The van der Waals surface area contributed by atoms with Crippen LogP contribution < -0.4 is 4.74 Å². The molecule has 0 fully saturated rings. The van der Waals surface area contributed by atoms with Gasteiger partial charge in [0.15, 0.2) is 6.10 Å². The fourth-order valence-electron chi connectivity index (χ4n) is 2.11. The average Bonchev–Trinajstić information content (AvgIpc) is 2.82. The normalized spacial score (nSPS) is 12.5. The zero-order valence-electron chi connectivity index (χ0n) is 11.1. The van der Waals surface area contributed by atoms with E-state index in [9.17, 15) is 0 Å². The lowest BCUT2D eigenvalue weighted by Gasteiger charge is -2.12. The number of aromatic amines is 1. The van der Waals surface area contributed by atoms with Crippen molar-refractivity contribution in [2.24, 2.45) is 0 Å².